The van der Waals surface area contributed by atoms with Gasteiger partial charge in [0.1, 0.15) is 11.6 Å². The van der Waals surface area contributed by atoms with E-state index in [9.17, 15) is 0 Å². The molecular formula is C16H18ClN5. The second-order valence-corrected chi connectivity index (χ2v) is 6.94. The van der Waals surface area contributed by atoms with Gasteiger partial charge < -0.3 is 5.32 Å². The molecule has 0 amide bonds. The minimum absolute atomic E-state index is 0.198. The summed E-state index contributed by atoms with van der Waals surface area (Å²) in [7, 11) is 0. The minimum atomic E-state index is 0.198. The zero-order valence-corrected chi connectivity index (χ0v) is 13.2. The van der Waals surface area contributed by atoms with Gasteiger partial charge in [0.05, 0.1) is 5.56 Å². The molecule has 0 spiro atoms. The number of hydrogen-bond donors (Lipinski definition) is 1. The number of rotatable bonds is 2. The average Bonchev–Trinajstić information content (AvgIpc) is 2.94. The quantitative estimate of drug-likeness (QED) is 0.921. The van der Waals surface area contributed by atoms with E-state index in [4.69, 9.17) is 16.9 Å². The Morgan fingerprint density at radius 1 is 1.32 bits per heavy atom. The Morgan fingerprint density at radius 3 is 2.73 bits per heavy atom. The second kappa shape index (κ2) is 5.13. The molecule has 3 fully saturated rings. The Morgan fingerprint density at radius 2 is 2.05 bits per heavy atom. The van der Waals surface area contributed by atoms with Crippen LogP contribution in [0.1, 0.15) is 38.2 Å². The van der Waals surface area contributed by atoms with E-state index in [1.807, 2.05) is 6.07 Å². The Balaban J connectivity index is 1.72. The smallest absolute Gasteiger partial charge is 0.243 e. The number of aromatic nitrogens is 3. The third-order valence-electron chi connectivity index (χ3n) is 5.50. The van der Waals surface area contributed by atoms with Crippen LogP contribution in [0.5, 0.6) is 0 Å². The van der Waals surface area contributed by atoms with Gasteiger partial charge in [0, 0.05) is 12.2 Å². The molecule has 114 valence electrons. The van der Waals surface area contributed by atoms with Crippen molar-refractivity contribution in [2.75, 3.05) is 5.32 Å². The van der Waals surface area contributed by atoms with Crippen LogP contribution in [0.4, 0.5) is 5.82 Å². The lowest BCUT2D eigenvalue weighted by Gasteiger charge is -2.47. The van der Waals surface area contributed by atoms with Crippen LogP contribution in [-0.4, -0.2) is 20.6 Å². The maximum Gasteiger partial charge on any atom is 0.243 e. The van der Waals surface area contributed by atoms with E-state index in [0.717, 1.165) is 17.3 Å². The molecule has 3 saturated carbocycles. The molecular weight excluding hydrogens is 298 g/mol. The molecule has 0 radical (unpaired) electrons. The first-order valence-corrected chi connectivity index (χ1v) is 8.26. The first-order chi connectivity index (χ1) is 10.7. The van der Waals surface area contributed by atoms with Crippen molar-refractivity contribution >= 4 is 22.9 Å². The first-order valence-electron chi connectivity index (χ1n) is 7.88. The maximum atomic E-state index is 9.08. The number of nitrogens with zero attached hydrogens (tertiary/aromatic N) is 4. The van der Waals surface area contributed by atoms with Gasteiger partial charge in [-0.05, 0) is 61.1 Å². The Hall–Kier alpha value is -1.80. The summed E-state index contributed by atoms with van der Waals surface area (Å²) in [6, 6.07) is 4.39. The third-order valence-corrected chi connectivity index (χ3v) is 5.66. The molecule has 1 N–H and O–H groups in total. The Bertz CT molecular complexity index is 752. The molecule has 6 heteroatoms. The summed E-state index contributed by atoms with van der Waals surface area (Å²) < 4.78 is 1.64. The number of fused-ring (bicyclic) bond motifs is 4. The van der Waals surface area contributed by atoms with Gasteiger partial charge in [-0.3, -0.25) is 0 Å². The molecule has 5 rings (SSSR count). The SMILES string of the molecule is C[C@H]1C2CCC(CC2)[C@@H]1Nc1nc(Cl)nn2cc(C#N)cc12. The minimum Gasteiger partial charge on any atom is -0.365 e. The molecule has 0 unspecified atom stereocenters. The van der Waals surface area contributed by atoms with Crippen LogP contribution in [0.15, 0.2) is 12.3 Å². The molecule has 0 aliphatic heterocycles. The number of hydrogen-bond acceptors (Lipinski definition) is 4. The molecule has 5 nitrogen and oxygen atoms in total. The summed E-state index contributed by atoms with van der Waals surface area (Å²) in [6.07, 6.45) is 6.99. The molecule has 2 atom stereocenters. The molecule has 3 aliphatic rings. The van der Waals surface area contributed by atoms with Crippen LogP contribution in [0.2, 0.25) is 5.28 Å². The van der Waals surface area contributed by atoms with Crippen LogP contribution in [-0.2, 0) is 0 Å². The highest BCUT2D eigenvalue weighted by Crippen LogP contribution is 2.46. The number of anilines is 1. The van der Waals surface area contributed by atoms with Gasteiger partial charge in [-0.15, -0.1) is 5.10 Å². The van der Waals surface area contributed by atoms with Gasteiger partial charge in [-0.25, -0.2) is 4.52 Å². The Labute approximate surface area is 134 Å². The highest BCUT2D eigenvalue weighted by atomic mass is 35.5. The van der Waals surface area contributed by atoms with Crippen LogP contribution >= 0.6 is 11.6 Å². The molecule has 2 heterocycles. The summed E-state index contributed by atoms with van der Waals surface area (Å²) >= 11 is 6.04. The van der Waals surface area contributed by atoms with Crippen LogP contribution in [0.25, 0.3) is 5.52 Å². The maximum absolute atomic E-state index is 9.08. The van der Waals surface area contributed by atoms with Gasteiger partial charge in [0.25, 0.3) is 0 Å². The molecule has 0 saturated heterocycles. The van der Waals surface area contributed by atoms with Crippen molar-refractivity contribution in [2.45, 2.75) is 38.6 Å². The van der Waals surface area contributed by atoms with E-state index in [0.29, 0.717) is 23.4 Å². The predicted molar refractivity (Wildman–Crippen MR) is 84.7 cm³/mol. The summed E-state index contributed by atoms with van der Waals surface area (Å²) in [5.41, 5.74) is 1.38. The lowest BCUT2D eigenvalue weighted by Crippen LogP contribution is -2.47. The van der Waals surface area contributed by atoms with Crippen molar-refractivity contribution in [2.24, 2.45) is 17.8 Å². The van der Waals surface area contributed by atoms with Gasteiger partial charge in [0.2, 0.25) is 5.28 Å². The summed E-state index contributed by atoms with van der Waals surface area (Å²) in [6.45, 7) is 2.34. The normalized spacial score (nSPS) is 30.4. The Kier molecular flexibility index (Phi) is 3.23. The molecule has 22 heavy (non-hydrogen) atoms. The first kappa shape index (κ1) is 13.8. The van der Waals surface area contributed by atoms with Gasteiger partial charge in [-0.1, -0.05) is 6.92 Å². The van der Waals surface area contributed by atoms with Gasteiger partial charge in [-0.2, -0.15) is 10.2 Å². The van der Waals surface area contributed by atoms with E-state index in [1.54, 1.807) is 10.7 Å². The topological polar surface area (TPSA) is 66.0 Å². The van der Waals surface area contributed by atoms with Crippen molar-refractivity contribution in [1.82, 2.24) is 14.6 Å². The zero-order chi connectivity index (χ0) is 15.3. The molecule has 2 aromatic heterocycles. The molecule has 2 aromatic rings. The van der Waals surface area contributed by atoms with Gasteiger partial charge >= 0.3 is 0 Å². The zero-order valence-electron chi connectivity index (χ0n) is 12.5. The standard InChI is InChI=1S/C16H18ClN5/c1-9-11-2-4-12(5-3-11)14(9)19-15-13-6-10(7-18)8-22(13)21-16(17)20-15/h6,8-9,11-12,14H,2-5H2,1H3,(H,19,20,21)/t9-,11?,12?,14+/m0/s1. The lowest BCUT2D eigenvalue weighted by molar-refractivity contribution is 0.0928. The lowest BCUT2D eigenvalue weighted by atomic mass is 9.62. The highest BCUT2D eigenvalue weighted by Gasteiger charge is 2.41. The average molecular weight is 316 g/mol. The fourth-order valence-corrected chi connectivity index (χ4v) is 4.47. The fraction of sp³-hybridized carbons (Fsp3) is 0.562. The largest absolute Gasteiger partial charge is 0.365 e. The van der Waals surface area contributed by atoms with Crippen LogP contribution < -0.4 is 5.32 Å². The van der Waals surface area contributed by atoms with Crippen molar-refractivity contribution in [3.63, 3.8) is 0 Å². The monoisotopic (exact) mass is 315 g/mol. The highest BCUT2D eigenvalue weighted by molar-refractivity contribution is 6.28. The van der Waals surface area contributed by atoms with Crippen molar-refractivity contribution in [3.05, 3.63) is 23.1 Å². The van der Waals surface area contributed by atoms with E-state index < -0.39 is 0 Å². The van der Waals surface area contributed by atoms with E-state index in [-0.39, 0.29) is 5.28 Å². The van der Waals surface area contributed by atoms with Crippen molar-refractivity contribution in [1.29, 1.82) is 5.26 Å². The molecule has 3 aliphatic carbocycles. The summed E-state index contributed by atoms with van der Waals surface area (Å²) in [5.74, 6) is 2.91. The van der Waals surface area contributed by atoms with Gasteiger partial charge in [0.15, 0.2) is 5.82 Å². The number of nitrogens with one attached hydrogen (secondary N) is 1. The summed E-state index contributed by atoms with van der Waals surface area (Å²) in [4.78, 5) is 4.37. The number of halogens is 1. The van der Waals surface area contributed by atoms with Crippen LogP contribution in [0, 0.1) is 29.1 Å². The van der Waals surface area contributed by atoms with Crippen molar-refractivity contribution < 1.29 is 0 Å². The van der Waals surface area contributed by atoms with Crippen LogP contribution in [0.3, 0.4) is 0 Å². The molecule has 0 aromatic carbocycles. The van der Waals surface area contributed by atoms with E-state index >= 15 is 0 Å². The van der Waals surface area contributed by atoms with Crippen molar-refractivity contribution in [3.8, 4) is 6.07 Å². The fourth-order valence-electron chi connectivity index (χ4n) is 4.30. The molecule has 2 bridgehead atoms. The summed E-state index contributed by atoms with van der Waals surface area (Å²) in [5, 5.41) is 17.0. The predicted octanol–water partition coefficient (Wildman–Crippen LogP) is 3.49. The second-order valence-electron chi connectivity index (χ2n) is 6.60. The third kappa shape index (κ3) is 2.14. The van der Waals surface area contributed by atoms with E-state index in [2.05, 4.69) is 28.4 Å². The van der Waals surface area contributed by atoms with E-state index in [1.165, 1.54) is 25.7 Å². The number of nitriles is 1.